The molecule has 1 fully saturated rings. The molecule has 17 heavy (non-hydrogen) atoms. The smallest absolute Gasteiger partial charge is 0.292 e. The van der Waals surface area contributed by atoms with Crippen LogP contribution in [0, 0.1) is 0 Å². The monoisotopic (exact) mass is 238 g/mol. The van der Waals surface area contributed by atoms with Gasteiger partial charge >= 0.3 is 0 Å². The van der Waals surface area contributed by atoms with Crippen LogP contribution in [0.5, 0.6) is 0 Å². The number of ether oxygens (including phenoxy) is 1. The number of rotatable bonds is 3. The average molecular weight is 238 g/mol. The maximum absolute atomic E-state index is 9.84. The first-order chi connectivity index (χ1) is 8.17. The highest BCUT2D eigenvalue weighted by Gasteiger charge is 2.47. The highest BCUT2D eigenvalue weighted by Crippen LogP contribution is 2.25. The molecule has 0 spiro atoms. The molecule has 92 valence electrons. The van der Waals surface area contributed by atoms with Crippen LogP contribution in [0.1, 0.15) is 11.8 Å². The van der Waals surface area contributed by atoms with Gasteiger partial charge < -0.3 is 20.1 Å². The van der Waals surface area contributed by atoms with Crippen molar-refractivity contribution in [1.29, 1.82) is 0 Å². The standard InChI is InChI=1S/C12H16NO4/c1-2-8-4-3-5-13(6-8)12-11(16)10(15)9(7-14)17-12/h2-6,9-12,14-16H,1,7H2/q+1/t9?,10-,11?,12+/m0/s1. The number of nitrogens with zero attached hydrogens (tertiary/aromatic N) is 1. The maximum atomic E-state index is 9.84. The SMILES string of the molecule is C=Cc1ccc[n+]([C@@H]2OC(CO)[C@H](O)C2O)c1. The summed E-state index contributed by atoms with van der Waals surface area (Å²) < 4.78 is 7.05. The van der Waals surface area contributed by atoms with E-state index in [4.69, 9.17) is 9.84 Å². The minimum atomic E-state index is -1.08. The van der Waals surface area contributed by atoms with Crippen LogP contribution in [0.3, 0.4) is 0 Å². The van der Waals surface area contributed by atoms with Gasteiger partial charge in [0.2, 0.25) is 0 Å². The summed E-state index contributed by atoms with van der Waals surface area (Å²) in [7, 11) is 0. The second-order valence-electron chi connectivity index (χ2n) is 4.02. The highest BCUT2D eigenvalue weighted by atomic mass is 16.6. The quantitative estimate of drug-likeness (QED) is 0.604. The van der Waals surface area contributed by atoms with E-state index in [0.717, 1.165) is 5.56 Å². The van der Waals surface area contributed by atoms with E-state index < -0.39 is 24.5 Å². The Morgan fingerprint density at radius 1 is 1.41 bits per heavy atom. The summed E-state index contributed by atoms with van der Waals surface area (Å²) in [6, 6.07) is 3.66. The molecule has 1 aromatic heterocycles. The van der Waals surface area contributed by atoms with Gasteiger partial charge in [-0.1, -0.05) is 12.7 Å². The van der Waals surface area contributed by atoms with Crippen LogP contribution in [0.2, 0.25) is 0 Å². The molecule has 2 heterocycles. The Labute approximate surface area is 99.2 Å². The minimum Gasteiger partial charge on any atom is -0.394 e. The zero-order valence-electron chi connectivity index (χ0n) is 9.31. The van der Waals surface area contributed by atoms with E-state index in [0.29, 0.717) is 0 Å². The third-order valence-corrected chi connectivity index (χ3v) is 2.89. The fraction of sp³-hybridized carbons (Fsp3) is 0.417. The number of aromatic nitrogens is 1. The second kappa shape index (κ2) is 4.93. The molecular weight excluding hydrogens is 222 g/mol. The van der Waals surface area contributed by atoms with Crippen molar-refractivity contribution in [1.82, 2.24) is 0 Å². The summed E-state index contributed by atoms with van der Waals surface area (Å²) in [6.07, 6.45) is 1.58. The lowest BCUT2D eigenvalue weighted by atomic mass is 10.1. The third-order valence-electron chi connectivity index (χ3n) is 2.89. The normalized spacial score (nSPS) is 32.6. The Kier molecular flexibility index (Phi) is 3.54. The number of aliphatic hydroxyl groups is 3. The largest absolute Gasteiger partial charge is 0.394 e. The first-order valence-electron chi connectivity index (χ1n) is 5.43. The topological polar surface area (TPSA) is 73.8 Å². The predicted molar refractivity (Wildman–Crippen MR) is 59.7 cm³/mol. The first kappa shape index (κ1) is 12.2. The first-order valence-corrected chi connectivity index (χ1v) is 5.43. The number of pyridine rings is 1. The molecule has 0 saturated carbocycles. The lowest BCUT2D eigenvalue weighted by Gasteiger charge is -2.09. The Bertz CT molecular complexity index is 409. The molecule has 2 rings (SSSR count). The average Bonchev–Trinajstić information content (AvgIpc) is 2.66. The third kappa shape index (κ3) is 2.23. The van der Waals surface area contributed by atoms with E-state index in [9.17, 15) is 10.2 Å². The van der Waals surface area contributed by atoms with Gasteiger partial charge in [-0.05, 0) is 6.07 Å². The lowest BCUT2D eigenvalue weighted by molar-refractivity contribution is -0.765. The van der Waals surface area contributed by atoms with Crippen LogP contribution in [0.25, 0.3) is 6.08 Å². The molecule has 0 amide bonds. The Hall–Kier alpha value is -1.27. The molecule has 1 saturated heterocycles. The van der Waals surface area contributed by atoms with Gasteiger partial charge in [-0.15, -0.1) is 0 Å². The van der Waals surface area contributed by atoms with Crippen LogP contribution in [-0.4, -0.2) is 40.2 Å². The number of hydrogen-bond acceptors (Lipinski definition) is 4. The zero-order valence-corrected chi connectivity index (χ0v) is 9.31. The van der Waals surface area contributed by atoms with Gasteiger partial charge in [-0.25, -0.2) is 0 Å². The van der Waals surface area contributed by atoms with E-state index in [1.54, 1.807) is 29.1 Å². The van der Waals surface area contributed by atoms with E-state index in [1.165, 1.54) is 0 Å². The van der Waals surface area contributed by atoms with Gasteiger partial charge in [-0.2, -0.15) is 4.57 Å². The summed E-state index contributed by atoms with van der Waals surface area (Å²) >= 11 is 0. The summed E-state index contributed by atoms with van der Waals surface area (Å²) in [6.45, 7) is 3.33. The number of hydrogen-bond donors (Lipinski definition) is 3. The van der Waals surface area contributed by atoms with Crippen molar-refractivity contribution in [2.24, 2.45) is 0 Å². The summed E-state index contributed by atoms with van der Waals surface area (Å²) in [5, 5.41) is 28.5. The van der Waals surface area contributed by atoms with E-state index >= 15 is 0 Å². The summed E-state index contributed by atoms with van der Waals surface area (Å²) in [5.74, 6) is 0. The van der Waals surface area contributed by atoms with Gasteiger partial charge in [0.05, 0.1) is 6.61 Å². The molecule has 1 aliphatic heterocycles. The number of aliphatic hydroxyl groups excluding tert-OH is 3. The Balaban J connectivity index is 2.25. The maximum Gasteiger partial charge on any atom is 0.292 e. The molecule has 5 heteroatoms. The predicted octanol–water partition coefficient (Wildman–Crippen LogP) is -0.771. The van der Waals surface area contributed by atoms with E-state index in [1.807, 2.05) is 6.07 Å². The molecule has 3 N–H and O–H groups in total. The van der Waals surface area contributed by atoms with Crippen molar-refractivity contribution in [2.45, 2.75) is 24.5 Å². The minimum absolute atomic E-state index is 0.323. The van der Waals surface area contributed by atoms with Gasteiger partial charge in [0.25, 0.3) is 6.23 Å². The molecule has 1 aliphatic rings. The van der Waals surface area contributed by atoms with E-state index in [-0.39, 0.29) is 6.61 Å². The van der Waals surface area contributed by atoms with Gasteiger partial charge in [-0.3, -0.25) is 0 Å². The molecule has 0 radical (unpaired) electrons. The molecule has 2 unspecified atom stereocenters. The molecule has 0 bridgehead atoms. The fourth-order valence-electron chi connectivity index (χ4n) is 1.92. The molecule has 1 aromatic rings. The Morgan fingerprint density at radius 3 is 2.76 bits per heavy atom. The highest BCUT2D eigenvalue weighted by molar-refractivity contribution is 5.43. The van der Waals surface area contributed by atoms with Crippen molar-refractivity contribution >= 4 is 6.08 Å². The van der Waals surface area contributed by atoms with Crippen LogP contribution >= 0.6 is 0 Å². The molecule has 5 nitrogen and oxygen atoms in total. The van der Waals surface area contributed by atoms with Crippen LogP contribution < -0.4 is 4.57 Å². The van der Waals surface area contributed by atoms with Crippen molar-refractivity contribution in [2.75, 3.05) is 6.61 Å². The lowest BCUT2D eigenvalue weighted by Crippen LogP contribution is -2.45. The fourth-order valence-corrected chi connectivity index (χ4v) is 1.92. The van der Waals surface area contributed by atoms with Gasteiger partial charge in [0.1, 0.15) is 12.2 Å². The van der Waals surface area contributed by atoms with Crippen molar-refractivity contribution in [3.63, 3.8) is 0 Å². The van der Waals surface area contributed by atoms with Crippen molar-refractivity contribution in [3.8, 4) is 0 Å². The van der Waals surface area contributed by atoms with E-state index in [2.05, 4.69) is 6.58 Å². The Morgan fingerprint density at radius 2 is 2.18 bits per heavy atom. The second-order valence-corrected chi connectivity index (χ2v) is 4.02. The van der Waals surface area contributed by atoms with Gasteiger partial charge in [0.15, 0.2) is 18.5 Å². The van der Waals surface area contributed by atoms with Gasteiger partial charge in [0, 0.05) is 11.6 Å². The molecule has 0 aromatic carbocycles. The zero-order chi connectivity index (χ0) is 12.4. The van der Waals surface area contributed by atoms with Crippen molar-refractivity contribution in [3.05, 3.63) is 36.7 Å². The summed E-state index contributed by atoms with van der Waals surface area (Å²) in [4.78, 5) is 0. The molecule has 4 atom stereocenters. The molecule has 0 aliphatic carbocycles. The van der Waals surface area contributed by atoms with Crippen molar-refractivity contribution < 1.29 is 24.6 Å². The molecular formula is C12H16NO4+. The van der Waals surface area contributed by atoms with Crippen LogP contribution in [0.4, 0.5) is 0 Å². The van der Waals surface area contributed by atoms with Crippen LogP contribution in [0.15, 0.2) is 31.1 Å². The van der Waals surface area contributed by atoms with Crippen LogP contribution in [-0.2, 0) is 4.74 Å². The summed E-state index contributed by atoms with van der Waals surface area (Å²) in [5.41, 5.74) is 0.880.